The van der Waals surface area contributed by atoms with E-state index >= 15 is 0 Å². The van der Waals surface area contributed by atoms with Crippen LogP contribution in [0, 0.1) is 11.3 Å². The molecule has 0 spiro atoms. The third-order valence-corrected chi connectivity index (χ3v) is 2.08. The van der Waals surface area contributed by atoms with Crippen LogP contribution in [0.15, 0.2) is 0 Å². The zero-order valence-electron chi connectivity index (χ0n) is 10.1. The van der Waals surface area contributed by atoms with Gasteiger partial charge in [0.2, 0.25) is 0 Å². The maximum atomic E-state index is 3.47. The molecule has 0 saturated heterocycles. The molecule has 0 unspecified atom stereocenters. The molecular formula is C12H27N. The SMILES string of the molecule is CC(C)CNCCCCC(C)(C)C. The molecule has 0 heterocycles. The normalized spacial score (nSPS) is 12.5. The van der Waals surface area contributed by atoms with Gasteiger partial charge < -0.3 is 5.32 Å². The van der Waals surface area contributed by atoms with Gasteiger partial charge in [0, 0.05) is 0 Å². The van der Waals surface area contributed by atoms with Crippen molar-refractivity contribution in [2.75, 3.05) is 13.1 Å². The van der Waals surface area contributed by atoms with E-state index < -0.39 is 0 Å². The third-order valence-electron chi connectivity index (χ3n) is 2.08. The molecule has 0 radical (unpaired) electrons. The smallest absolute Gasteiger partial charge is 0.00258 e. The van der Waals surface area contributed by atoms with Gasteiger partial charge in [0.15, 0.2) is 0 Å². The molecule has 0 saturated carbocycles. The van der Waals surface area contributed by atoms with E-state index in [1.165, 1.54) is 25.8 Å². The highest BCUT2D eigenvalue weighted by Gasteiger charge is 2.08. The molecule has 0 aromatic rings. The summed E-state index contributed by atoms with van der Waals surface area (Å²) in [5.74, 6) is 0.780. The van der Waals surface area contributed by atoms with E-state index in [4.69, 9.17) is 0 Å². The first-order chi connectivity index (χ1) is 5.92. The van der Waals surface area contributed by atoms with Crippen LogP contribution in [0.25, 0.3) is 0 Å². The summed E-state index contributed by atoms with van der Waals surface area (Å²) in [5.41, 5.74) is 0.512. The Labute approximate surface area is 84.3 Å². The highest BCUT2D eigenvalue weighted by atomic mass is 14.8. The molecule has 0 bridgehead atoms. The van der Waals surface area contributed by atoms with Crippen molar-refractivity contribution in [3.63, 3.8) is 0 Å². The Kier molecular flexibility index (Phi) is 6.40. The molecule has 0 rings (SSSR count). The minimum Gasteiger partial charge on any atom is -0.316 e. The maximum absolute atomic E-state index is 3.47. The van der Waals surface area contributed by atoms with Gasteiger partial charge in [0.25, 0.3) is 0 Å². The van der Waals surface area contributed by atoms with Gasteiger partial charge in [-0.15, -0.1) is 0 Å². The van der Waals surface area contributed by atoms with Gasteiger partial charge in [-0.25, -0.2) is 0 Å². The molecule has 0 aromatic carbocycles. The fraction of sp³-hybridized carbons (Fsp3) is 1.00. The van der Waals surface area contributed by atoms with Crippen molar-refractivity contribution in [1.82, 2.24) is 5.32 Å². The van der Waals surface area contributed by atoms with Crippen molar-refractivity contribution < 1.29 is 0 Å². The molecule has 0 atom stereocenters. The number of hydrogen-bond donors (Lipinski definition) is 1. The quantitative estimate of drug-likeness (QED) is 0.625. The van der Waals surface area contributed by atoms with Crippen LogP contribution < -0.4 is 5.32 Å². The lowest BCUT2D eigenvalue weighted by atomic mass is 9.90. The van der Waals surface area contributed by atoms with Crippen molar-refractivity contribution in [1.29, 1.82) is 0 Å². The lowest BCUT2D eigenvalue weighted by Gasteiger charge is -2.17. The second kappa shape index (κ2) is 6.42. The van der Waals surface area contributed by atoms with Crippen molar-refractivity contribution in [2.45, 2.75) is 53.9 Å². The van der Waals surface area contributed by atoms with E-state index in [1.807, 2.05) is 0 Å². The number of hydrogen-bond acceptors (Lipinski definition) is 1. The molecule has 1 N–H and O–H groups in total. The Hall–Kier alpha value is -0.0400. The van der Waals surface area contributed by atoms with Gasteiger partial charge >= 0.3 is 0 Å². The van der Waals surface area contributed by atoms with Crippen LogP contribution in [0.5, 0.6) is 0 Å². The fourth-order valence-electron chi connectivity index (χ4n) is 1.30. The second-order valence-corrected chi connectivity index (χ2v) is 5.62. The lowest BCUT2D eigenvalue weighted by molar-refractivity contribution is 0.357. The fourth-order valence-corrected chi connectivity index (χ4v) is 1.30. The molecule has 1 heteroatoms. The summed E-state index contributed by atoms with van der Waals surface area (Å²) < 4.78 is 0. The topological polar surface area (TPSA) is 12.0 Å². The molecule has 0 aliphatic rings. The molecule has 0 aromatic heterocycles. The Morgan fingerprint density at radius 1 is 1.08 bits per heavy atom. The summed E-state index contributed by atoms with van der Waals surface area (Å²) >= 11 is 0. The third kappa shape index (κ3) is 12.0. The van der Waals surface area contributed by atoms with E-state index in [0.717, 1.165) is 12.5 Å². The van der Waals surface area contributed by atoms with Gasteiger partial charge in [0.05, 0.1) is 0 Å². The van der Waals surface area contributed by atoms with E-state index in [9.17, 15) is 0 Å². The molecule has 80 valence electrons. The first-order valence-corrected chi connectivity index (χ1v) is 5.62. The van der Waals surface area contributed by atoms with Gasteiger partial charge in [-0.3, -0.25) is 0 Å². The first-order valence-electron chi connectivity index (χ1n) is 5.62. The zero-order chi connectivity index (χ0) is 10.3. The Morgan fingerprint density at radius 2 is 1.69 bits per heavy atom. The molecular weight excluding hydrogens is 158 g/mol. The summed E-state index contributed by atoms with van der Waals surface area (Å²) in [5, 5.41) is 3.47. The minimum atomic E-state index is 0.512. The van der Waals surface area contributed by atoms with Crippen LogP contribution >= 0.6 is 0 Å². The van der Waals surface area contributed by atoms with Crippen LogP contribution in [-0.2, 0) is 0 Å². The average Bonchev–Trinajstić information content (AvgIpc) is 1.93. The van der Waals surface area contributed by atoms with Crippen molar-refractivity contribution in [3.05, 3.63) is 0 Å². The Bertz CT molecular complexity index is 111. The first kappa shape index (κ1) is 13.0. The van der Waals surface area contributed by atoms with Gasteiger partial charge in [-0.1, -0.05) is 41.0 Å². The maximum Gasteiger partial charge on any atom is -0.00258 e. The predicted molar refractivity (Wildman–Crippen MR) is 61.0 cm³/mol. The highest BCUT2D eigenvalue weighted by Crippen LogP contribution is 2.21. The number of unbranched alkanes of at least 4 members (excludes halogenated alkanes) is 1. The van der Waals surface area contributed by atoms with Crippen LogP contribution in [0.4, 0.5) is 0 Å². The van der Waals surface area contributed by atoms with E-state index in [2.05, 4.69) is 39.9 Å². The largest absolute Gasteiger partial charge is 0.316 e. The zero-order valence-corrected chi connectivity index (χ0v) is 10.1. The molecule has 0 fully saturated rings. The monoisotopic (exact) mass is 185 g/mol. The van der Waals surface area contributed by atoms with Crippen LogP contribution in [0.1, 0.15) is 53.9 Å². The highest BCUT2D eigenvalue weighted by molar-refractivity contribution is 4.61. The van der Waals surface area contributed by atoms with Crippen LogP contribution in [0.3, 0.4) is 0 Å². The van der Waals surface area contributed by atoms with Crippen LogP contribution in [-0.4, -0.2) is 13.1 Å². The van der Waals surface area contributed by atoms with Gasteiger partial charge in [-0.2, -0.15) is 0 Å². The summed E-state index contributed by atoms with van der Waals surface area (Å²) in [6.45, 7) is 13.8. The molecule has 0 aliphatic carbocycles. The van der Waals surface area contributed by atoms with Gasteiger partial charge in [0.1, 0.15) is 0 Å². The van der Waals surface area contributed by atoms with E-state index in [0.29, 0.717) is 5.41 Å². The Balaban J connectivity index is 3.09. The summed E-state index contributed by atoms with van der Waals surface area (Å²) in [4.78, 5) is 0. The lowest BCUT2D eigenvalue weighted by Crippen LogP contribution is -2.20. The van der Waals surface area contributed by atoms with Crippen molar-refractivity contribution in [2.24, 2.45) is 11.3 Å². The van der Waals surface area contributed by atoms with Crippen molar-refractivity contribution in [3.8, 4) is 0 Å². The van der Waals surface area contributed by atoms with Crippen molar-refractivity contribution >= 4 is 0 Å². The molecule has 0 aliphatic heterocycles. The predicted octanol–water partition coefficient (Wildman–Crippen LogP) is 3.45. The Morgan fingerprint density at radius 3 is 2.15 bits per heavy atom. The standard InChI is InChI=1S/C12H27N/c1-11(2)10-13-9-7-6-8-12(3,4)5/h11,13H,6-10H2,1-5H3. The minimum absolute atomic E-state index is 0.512. The number of nitrogens with one attached hydrogen (secondary N) is 1. The molecule has 0 amide bonds. The second-order valence-electron chi connectivity index (χ2n) is 5.62. The number of rotatable bonds is 6. The molecule has 13 heavy (non-hydrogen) atoms. The summed E-state index contributed by atoms with van der Waals surface area (Å²) in [7, 11) is 0. The van der Waals surface area contributed by atoms with E-state index in [-0.39, 0.29) is 0 Å². The van der Waals surface area contributed by atoms with Gasteiger partial charge in [-0.05, 0) is 37.3 Å². The summed E-state index contributed by atoms with van der Waals surface area (Å²) in [6.07, 6.45) is 4.02. The summed E-state index contributed by atoms with van der Waals surface area (Å²) in [6, 6.07) is 0. The van der Waals surface area contributed by atoms with E-state index in [1.54, 1.807) is 0 Å². The average molecular weight is 185 g/mol. The van der Waals surface area contributed by atoms with Crippen LogP contribution in [0.2, 0.25) is 0 Å². The molecule has 1 nitrogen and oxygen atoms in total.